The van der Waals surface area contributed by atoms with E-state index in [1.807, 2.05) is 30.3 Å². The molecule has 234 valence electrons. The van der Waals surface area contributed by atoms with Crippen LogP contribution in [0.3, 0.4) is 0 Å². The van der Waals surface area contributed by atoms with Gasteiger partial charge >= 0.3 is 6.09 Å². The third-order valence-corrected chi connectivity index (χ3v) is 8.22. The molecule has 1 N–H and O–H groups in total. The van der Waals surface area contributed by atoms with Gasteiger partial charge in [0.15, 0.2) is 0 Å². The lowest BCUT2D eigenvalue weighted by Crippen LogP contribution is -2.53. The normalized spacial score (nSPS) is 20.4. The van der Waals surface area contributed by atoms with Gasteiger partial charge in [0.25, 0.3) is 5.91 Å². The number of nitrogens with zero attached hydrogens (tertiary/aromatic N) is 3. The third kappa shape index (κ3) is 8.13. The molecule has 2 aromatic rings. The number of carbonyl (C=O) groups is 3. The lowest BCUT2D eigenvalue weighted by Gasteiger charge is -2.36. The Hall–Kier alpha value is -3.46. The van der Waals surface area contributed by atoms with Crippen molar-refractivity contribution in [1.82, 2.24) is 15.2 Å². The molecule has 1 aliphatic carbocycles. The molecule has 1 aromatic heterocycles. The molecule has 0 radical (unpaired) electrons. The van der Waals surface area contributed by atoms with E-state index >= 15 is 0 Å². The number of methoxy groups -OCH3 is 1. The van der Waals surface area contributed by atoms with E-state index in [-0.39, 0.29) is 42.3 Å². The third-order valence-electron chi connectivity index (χ3n) is 8.22. The molecule has 3 amide bonds. The van der Waals surface area contributed by atoms with Crippen molar-refractivity contribution in [1.29, 1.82) is 0 Å². The Bertz CT molecular complexity index is 1250. The summed E-state index contributed by atoms with van der Waals surface area (Å²) in [7, 11) is 1.57. The number of ether oxygens (including phenoxy) is 2. The number of pyridine rings is 1. The summed E-state index contributed by atoms with van der Waals surface area (Å²) < 4.78 is 11.3. The lowest BCUT2D eigenvalue weighted by atomic mass is 9.87. The molecule has 4 rings (SSSR count). The predicted octanol–water partition coefficient (Wildman–Crippen LogP) is 5.93. The maximum absolute atomic E-state index is 14.8. The summed E-state index contributed by atoms with van der Waals surface area (Å²) in [5.74, 6) is -0.639. The van der Waals surface area contributed by atoms with Gasteiger partial charge < -0.3 is 14.8 Å². The van der Waals surface area contributed by atoms with E-state index in [0.29, 0.717) is 11.3 Å². The number of rotatable bonds is 7. The van der Waals surface area contributed by atoms with Crippen molar-refractivity contribution in [2.75, 3.05) is 18.6 Å². The number of hydrogen-bond acceptors (Lipinski definition) is 6. The molecule has 0 spiro atoms. The van der Waals surface area contributed by atoms with E-state index in [4.69, 9.17) is 9.47 Å². The van der Waals surface area contributed by atoms with Crippen molar-refractivity contribution in [3.63, 3.8) is 0 Å². The molecule has 2 fully saturated rings. The number of benzene rings is 1. The van der Waals surface area contributed by atoms with Gasteiger partial charge in [0.05, 0.1) is 12.6 Å². The molecule has 1 aromatic carbocycles. The zero-order valence-electron chi connectivity index (χ0n) is 26.8. The first-order valence-electron chi connectivity index (χ1n) is 15.4. The Balaban J connectivity index is 1.80. The highest BCUT2D eigenvalue weighted by Gasteiger charge is 2.46. The van der Waals surface area contributed by atoms with Gasteiger partial charge in [-0.3, -0.25) is 24.4 Å². The second kappa shape index (κ2) is 13.5. The van der Waals surface area contributed by atoms with Gasteiger partial charge in [0, 0.05) is 43.2 Å². The molecular weight excluding hydrogens is 544 g/mol. The highest BCUT2D eigenvalue weighted by atomic mass is 16.6. The van der Waals surface area contributed by atoms with Crippen LogP contribution in [0.25, 0.3) is 0 Å². The summed E-state index contributed by atoms with van der Waals surface area (Å²) in [6.45, 7) is 12.0. The molecule has 9 heteroatoms. The van der Waals surface area contributed by atoms with Gasteiger partial charge in [-0.1, -0.05) is 58.2 Å². The second-order valence-corrected chi connectivity index (χ2v) is 13.8. The van der Waals surface area contributed by atoms with Crippen molar-refractivity contribution in [2.45, 2.75) is 115 Å². The smallest absolute Gasteiger partial charge is 0.411 e. The average Bonchev–Trinajstić information content (AvgIpc) is 3.40. The number of aromatic nitrogens is 1. The topological polar surface area (TPSA) is 101 Å². The Labute approximate surface area is 256 Å². The second-order valence-electron chi connectivity index (χ2n) is 13.8. The summed E-state index contributed by atoms with van der Waals surface area (Å²) in [4.78, 5) is 49.7. The van der Waals surface area contributed by atoms with Gasteiger partial charge in [-0.2, -0.15) is 0 Å². The number of likely N-dealkylation sites (tertiary alicyclic amines) is 1. The number of nitrogens with one attached hydrogen (secondary N) is 1. The van der Waals surface area contributed by atoms with Crippen LogP contribution in [0.5, 0.6) is 0 Å². The Kier molecular flexibility index (Phi) is 10.2. The first-order valence-corrected chi connectivity index (χ1v) is 15.4. The van der Waals surface area contributed by atoms with Gasteiger partial charge in [0.2, 0.25) is 5.91 Å². The maximum Gasteiger partial charge on any atom is 0.411 e. The molecule has 2 heterocycles. The van der Waals surface area contributed by atoms with E-state index in [2.05, 4.69) is 31.1 Å². The number of hydrogen-bond donors (Lipinski definition) is 1. The fourth-order valence-corrected chi connectivity index (χ4v) is 5.89. The number of amides is 3. The Morgan fingerprint density at radius 1 is 1.00 bits per heavy atom. The van der Waals surface area contributed by atoms with Crippen LogP contribution >= 0.6 is 0 Å². The van der Waals surface area contributed by atoms with E-state index < -0.39 is 23.8 Å². The van der Waals surface area contributed by atoms with Crippen LogP contribution in [0.1, 0.15) is 97.2 Å². The Morgan fingerprint density at radius 3 is 2.23 bits per heavy atom. The quantitative estimate of drug-likeness (QED) is 0.428. The van der Waals surface area contributed by atoms with E-state index in [1.165, 1.54) is 4.90 Å². The minimum absolute atomic E-state index is 0.0447. The molecule has 9 nitrogen and oxygen atoms in total. The highest BCUT2D eigenvalue weighted by molar-refractivity contribution is 6.05. The van der Waals surface area contributed by atoms with Gasteiger partial charge in [0.1, 0.15) is 17.7 Å². The zero-order valence-corrected chi connectivity index (χ0v) is 26.8. The van der Waals surface area contributed by atoms with Crippen molar-refractivity contribution < 1.29 is 23.9 Å². The first-order chi connectivity index (χ1) is 20.3. The molecule has 1 unspecified atom stereocenters. The molecule has 0 bridgehead atoms. The number of anilines is 1. The summed E-state index contributed by atoms with van der Waals surface area (Å²) in [6, 6.07) is 9.51. The maximum atomic E-state index is 14.8. The van der Waals surface area contributed by atoms with Crippen LogP contribution in [-0.2, 0) is 24.5 Å². The first kappa shape index (κ1) is 32.5. The van der Waals surface area contributed by atoms with E-state index in [9.17, 15) is 14.4 Å². The molecule has 1 saturated carbocycles. The van der Waals surface area contributed by atoms with Crippen molar-refractivity contribution in [3.05, 3.63) is 59.9 Å². The van der Waals surface area contributed by atoms with Crippen LogP contribution in [0.2, 0.25) is 0 Å². The molecule has 3 atom stereocenters. The van der Waals surface area contributed by atoms with Crippen LogP contribution in [-0.4, -0.2) is 65.2 Å². The molecule has 2 aliphatic rings. The van der Waals surface area contributed by atoms with Crippen LogP contribution < -0.4 is 10.2 Å². The SMILES string of the molecule is CO[C@@H]1C[C@H](C(=O)N(c2ccc(C(C)(C)C)cc2)C(C(=O)NC2CCCCC2)c2cccnc2)N(C(=O)OC(C)(C)C)C1. The average molecular weight is 593 g/mol. The molecular formula is C34H48N4O5. The van der Waals surface area contributed by atoms with Crippen molar-refractivity contribution in [2.24, 2.45) is 0 Å². The van der Waals surface area contributed by atoms with Crippen molar-refractivity contribution in [3.8, 4) is 0 Å². The molecule has 1 saturated heterocycles. The fourth-order valence-electron chi connectivity index (χ4n) is 5.89. The van der Waals surface area contributed by atoms with Crippen LogP contribution in [0.15, 0.2) is 48.8 Å². The van der Waals surface area contributed by atoms with Crippen LogP contribution in [0.4, 0.5) is 10.5 Å². The summed E-state index contributed by atoms with van der Waals surface area (Å²) in [6.07, 6.45) is 7.73. The fraction of sp³-hybridized carbons (Fsp3) is 0.588. The van der Waals surface area contributed by atoms with Crippen LogP contribution in [0, 0.1) is 0 Å². The summed E-state index contributed by atoms with van der Waals surface area (Å²) in [5, 5.41) is 3.24. The Morgan fingerprint density at radius 2 is 1.67 bits per heavy atom. The van der Waals surface area contributed by atoms with Gasteiger partial charge in [-0.25, -0.2) is 4.79 Å². The largest absolute Gasteiger partial charge is 0.444 e. The lowest BCUT2D eigenvalue weighted by molar-refractivity contribution is -0.129. The minimum Gasteiger partial charge on any atom is -0.444 e. The van der Waals surface area contributed by atoms with Gasteiger partial charge in [-0.15, -0.1) is 0 Å². The van der Waals surface area contributed by atoms with Crippen molar-refractivity contribution >= 4 is 23.6 Å². The highest BCUT2D eigenvalue weighted by Crippen LogP contribution is 2.34. The standard InChI is InChI=1S/C34H48N4O5/c1-33(2,3)24-15-17-26(18-16-24)38(31(40)28-20-27(42-7)22-37(28)32(41)43-34(4,5)6)29(23-12-11-19-35-21-23)30(39)36-25-13-9-8-10-14-25/h11-12,15-19,21,25,27-29H,8-10,13-14,20,22H2,1-7H3,(H,36,39)/t27-,28-,29?/m1/s1. The zero-order chi connectivity index (χ0) is 31.4. The molecule has 43 heavy (non-hydrogen) atoms. The van der Waals surface area contributed by atoms with Gasteiger partial charge in [-0.05, 0) is 62.8 Å². The minimum atomic E-state index is -0.995. The van der Waals surface area contributed by atoms with E-state index in [1.54, 1.807) is 51.2 Å². The monoisotopic (exact) mass is 592 g/mol. The summed E-state index contributed by atoms with van der Waals surface area (Å²) in [5.41, 5.74) is 1.42. The molecule has 1 aliphatic heterocycles. The summed E-state index contributed by atoms with van der Waals surface area (Å²) >= 11 is 0. The van der Waals surface area contributed by atoms with E-state index in [0.717, 1.165) is 37.7 Å². The number of carbonyl (C=O) groups excluding carboxylic acids is 3. The predicted molar refractivity (Wildman–Crippen MR) is 167 cm³/mol.